The van der Waals surface area contributed by atoms with Crippen LogP contribution in [0.1, 0.15) is 18.5 Å². The van der Waals surface area contributed by atoms with Crippen LogP contribution in [0.2, 0.25) is 0 Å². The molecule has 0 amide bonds. The fourth-order valence-corrected chi connectivity index (χ4v) is 2.92. The molecule has 1 aliphatic heterocycles. The lowest BCUT2D eigenvalue weighted by atomic mass is 10.2. The lowest BCUT2D eigenvalue weighted by molar-refractivity contribution is 0.00956. The van der Waals surface area contributed by atoms with Gasteiger partial charge in [0.1, 0.15) is 0 Å². The lowest BCUT2D eigenvalue weighted by Crippen LogP contribution is -2.49. The topological polar surface area (TPSA) is 50.3 Å². The monoisotopic (exact) mass is 254 g/mol. The average molecular weight is 254 g/mol. The summed E-state index contributed by atoms with van der Waals surface area (Å²) in [6.07, 6.45) is 2.63. The van der Waals surface area contributed by atoms with Gasteiger partial charge in [-0.05, 0) is 24.4 Å². The van der Waals surface area contributed by atoms with Crippen molar-refractivity contribution in [2.45, 2.75) is 24.9 Å². The summed E-state index contributed by atoms with van der Waals surface area (Å²) in [5.74, 6) is 0. The lowest BCUT2D eigenvalue weighted by Gasteiger charge is -2.35. The van der Waals surface area contributed by atoms with Gasteiger partial charge >= 0.3 is 0 Å². The van der Waals surface area contributed by atoms with E-state index in [0.717, 1.165) is 45.1 Å². The molecule has 3 rings (SSSR count). The van der Waals surface area contributed by atoms with Crippen molar-refractivity contribution < 1.29 is 4.74 Å². The van der Waals surface area contributed by atoms with Gasteiger partial charge in [0, 0.05) is 37.1 Å². The normalized spacial score (nSPS) is 23.8. The van der Waals surface area contributed by atoms with E-state index in [4.69, 9.17) is 4.74 Å². The Kier molecular flexibility index (Phi) is 3.37. The number of rotatable bonds is 5. The molecule has 17 heavy (non-hydrogen) atoms. The molecule has 0 atom stereocenters. The Morgan fingerprint density at radius 2 is 2.24 bits per heavy atom. The SMILES string of the molecule is c1snnc1CNCC1(N2CCOCC2)CC1. The molecule has 94 valence electrons. The summed E-state index contributed by atoms with van der Waals surface area (Å²) in [6.45, 7) is 5.84. The molecule has 2 heterocycles. The van der Waals surface area contributed by atoms with Gasteiger partial charge in [0.05, 0.1) is 18.9 Å². The molecule has 1 aliphatic carbocycles. The average Bonchev–Trinajstić information content (AvgIpc) is 2.98. The molecular weight excluding hydrogens is 236 g/mol. The fourth-order valence-electron chi connectivity index (χ4n) is 2.47. The summed E-state index contributed by atoms with van der Waals surface area (Å²) in [4.78, 5) is 2.59. The largest absolute Gasteiger partial charge is 0.379 e. The highest BCUT2D eigenvalue weighted by Gasteiger charge is 2.47. The summed E-state index contributed by atoms with van der Waals surface area (Å²) in [5.41, 5.74) is 1.46. The van der Waals surface area contributed by atoms with Crippen molar-refractivity contribution in [1.82, 2.24) is 19.8 Å². The van der Waals surface area contributed by atoms with Crippen molar-refractivity contribution >= 4 is 11.5 Å². The van der Waals surface area contributed by atoms with E-state index in [-0.39, 0.29) is 0 Å². The van der Waals surface area contributed by atoms with Crippen LogP contribution in [0.3, 0.4) is 0 Å². The van der Waals surface area contributed by atoms with Crippen LogP contribution < -0.4 is 5.32 Å². The van der Waals surface area contributed by atoms with Crippen molar-refractivity contribution in [3.8, 4) is 0 Å². The third-order valence-corrected chi connectivity index (χ3v) is 4.23. The van der Waals surface area contributed by atoms with Gasteiger partial charge in [-0.1, -0.05) is 4.49 Å². The van der Waals surface area contributed by atoms with Gasteiger partial charge < -0.3 is 10.1 Å². The van der Waals surface area contributed by atoms with Crippen molar-refractivity contribution in [3.63, 3.8) is 0 Å². The Hall–Kier alpha value is -0.560. The maximum Gasteiger partial charge on any atom is 0.0893 e. The van der Waals surface area contributed by atoms with Crippen molar-refractivity contribution in [2.24, 2.45) is 0 Å². The smallest absolute Gasteiger partial charge is 0.0893 e. The maximum absolute atomic E-state index is 5.41. The predicted octanol–water partition coefficient (Wildman–Crippen LogP) is 0.492. The highest BCUT2D eigenvalue weighted by Crippen LogP contribution is 2.41. The number of ether oxygens (including phenoxy) is 1. The molecule has 1 saturated heterocycles. The molecule has 0 unspecified atom stereocenters. The Labute approximate surface area is 105 Å². The first-order chi connectivity index (χ1) is 8.39. The molecule has 1 aromatic heterocycles. The quantitative estimate of drug-likeness (QED) is 0.829. The third kappa shape index (κ3) is 2.65. The number of morpholine rings is 1. The van der Waals surface area contributed by atoms with Crippen molar-refractivity contribution in [2.75, 3.05) is 32.8 Å². The minimum absolute atomic E-state index is 0.410. The van der Waals surface area contributed by atoms with E-state index in [2.05, 4.69) is 19.8 Å². The Balaban J connectivity index is 1.47. The second kappa shape index (κ2) is 4.97. The number of hydrogen-bond acceptors (Lipinski definition) is 6. The highest BCUT2D eigenvalue weighted by molar-refractivity contribution is 7.03. The maximum atomic E-state index is 5.41. The van der Waals surface area contributed by atoms with Crippen molar-refractivity contribution in [3.05, 3.63) is 11.1 Å². The molecule has 0 spiro atoms. The summed E-state index contributed by atoms with van der Waals surface area (Å²) < 4.78 is 9.27. The molecule has 0 bridgehead atoms. The third-order valence-electron chi connectivity index (χ3n) is 3.67. The van der Waals surface area contributed by atoms with Crippen LogP contribution in [0.4, 0.5) is 0 Å². The molecule has 0 aromatic carbocycles. The Bertz CT molecular complexity index is 346. The van der Waals surface area contributed by atoms with Crippen molar-refractivity contribution in [1.29, 1.82) is 0 Å². The minimum Gasteiger partial charge on any atom is -0.379 e. The molecule has 1 N–H and O–H groups in total. The van der Waals surface area contributed by atoms with E-state index in [9.17, 15) is 0 Å². The first-order valence-corrected chi connectivity index (χ1v) is 7.02. The standard InChI is InChI=1S/C11H18N4OS/c1-2-11(1,15-3-5-16-6-4-15)9-12-7-10-8-17-14-13-10/h8,12H,1-7,9H2. The molecule has 5 nitrogen and oxygen atoms in total. The number of nitrogens with one attached hydrogen (secondary N) is 1. The number of aromatic nitrogens is 2. The van der Waals surface area contributed by atoms with Gasteiger partial charge in [0.15, 0.2) is 0 Å². The van der Waals surface area contributed by atoms with Crippen LogP contribution in [0.5, 0.6) is 0 Å². The predicted molar refractivity (Wildman–Crippen MR) is 66.0 cm³/mol. The minimum atomic E-state index is 0.410. The van der Waals surface area contributed by atoms with E-state index >= 15 is 0 Å². The van der Waals surface area contributed by atoms with E-state index in [0.29, 0.717) is 5.54 Å². The number of hydrogen-bond donors (Lipinski definition) is 1. The molecule has 2 aliphatic rings. The molecule has 6 heteroatoms. The van der Waals surface area contributed by atoms with Gasteiger partial charge in [-0.25, -0.2) is 0 Å². The number of nitrogens with zero attached hydrogens (tertiary/aromatic N) is 3. The van der Waals surface area contributed by atoms with Crippen LogP contribution in [-0.4, -0.2) is 52.9 Å². The molecular formula is C11H18N4OS. The second-order valence-corrected chi connectivity index (χ2v) is 5.43. The fraction of sp³-hybridized carbons (Fsp3) is 0.818. The van der Waals surface area contributed by atoms with E-state index in [1.807, 2.05) is 5.38 Å². The molecule has 1 aromatic rings. The second-order valence-electron chi connectivity index (χ2n) is 4.82. The van der Waals surface area contributed by atoms with Crippen LogP contribution in [0.15, 0.2) is 5.38 Å². The zero-order chi connectivity index (χ0) is 11.6. The summed E-state index contributed by atoms with van der Waals surface area (Å²) in [7, 11) is 0. The summed E-state index contributed by atoms with van der Waals surface area (Å²) >= 11 is 1.41. The molecule has 2 fully saturated rings. The van der Waals surface area contributed by atoms with Crippen LogP contribution in [-0.2, 0) is 11.3 Å². The summed E-state index contributed by atoms with van der Waals surface area (Å²) in [6, 6.07) is 0. The molecule has 0 radical (unpaired) electrons. The van der Waals surface area contributed by atoms with E-state index < -0.39 is 0 Å². The van der Waals surface area contributed by atoms with Crippen LogP contribution in [0.25, 0.3) is 0 Å². The zero-order valence-corrected chi connectivity index (χ0v) is 10.7. The van der Waals surface area contributed by atoms with E-state index in [1.165, 1.54) is 24.4 Å². The van der Waals surface area contributed by atoms with Gasteiger partial charge in [0.25, 0.3) is 0 Å². The van der Waals surface area contributed by atoms with Gasteiger partial charge in [-0.15, -0.1) is 5.10 Å². The Morgan fingerprint density at radius 3 is 2.88 bits per heavy atom. The first kappa shape index (κ1) is 11.5. The zero-order valence-electron chi connectivity index (χ0n) is 9.89. The summed E-state index contributed by atoms with van der Waals surface area (Å²) in [5, 5.41) is 9.55. The van der Waals surface area contributed by atoms with Gasteiger partial charge in [-0.2, -0.15) is 0 Å². The molecule has 1 saturated carbocycles. The van der Waals surface area contributed by atoms with Gasteiger partial charge in [-0.3, -0.25) is 4.90 Å². The first-order valence-electron chi connectivity index (χ1n) is 6.19. The highest BCUT2D eigenvalue weighted by atomic mass is 32.1. The van der Waals surface area contributed by atoms with Crippen LogP contribution >= 0.6 is 11.5 Å². The van der Waals surface area contributed by atoms with Crippen LogP contribution in [0, 0.1) is 0 Å². The van der Waals surface area contributed by atoms with Gasteiger partial charge in [0.2, 0.25) is 0 Å². The van der Waals surface area contributed by atoms with E-state index in [1.54, 1.807) is 0 Å². The Morgan fingerprint density at radius 1 is 1.41 bits per heavy atom.